The monoisotopic (exact) mass is 863 g/mol. The molecule has 6 aromatic rings. The highest BCUT2D eigenvalue weighted by atomic mass is 28.3. The molecule has 6 atom stereocenters. The van der Waals surface area contributed by atoms with Gasteiger partial charge in [-0.25, -0.2) is 19.9 Å². The molecule has 0 amide bonds. The highest BCUT2D eigenvalue weighted by molar-refractivity contribution is 6.77. The summed E-state index contributed by atoms with van der Waals surface area (Å²) in [7, 11) is -2.80. The third-order valence-corrected chi connectivity index (χ3v) is 19.1. The van der Waals surface area contributed by atoms with E-state index in [1.54, 1.807) is 0 Å². The zero-order valence-corrected chi connectivity index (χ0v) is 39.0. The lowest BCUT2D eigenvalue weighted by molar-refractivity contribution is -0.0769. The molecule has 0 radical (unpaired) electrons. The van der Waals surface area contributed by atoms with Gasteiger partial charge in [-0.15, -0.1) is 0 Å². The molecule has 0 bridgehead atoms. The molecule has 3 fully saturated rings. The van der Waals surface area contributed by atoms with Crippen LogP contribution >= 0.6 is 0 Å². The van der Waals surface area contributed by atoms with Crippen molar-refractivity contribution in [3.8, 4) is 6.07 Å². The predicted molar refractivity (Wildman–Crippen MR) is 244 cm³/mol. The minimum absolute atomic E-state index is 0.243. The van der Waals surface area contributed by atoms with Gasteiger partial charge in [0.2, 0.25) is 0 Å². The van der Waals surface area contributed by atoms with Gasteiger partial charge in [0, 0.05) is 89.5 Å². The molecule has 1 saturated heterocycles. The fourth-order valence-electron chi connectivity index (χ4n) is 10.5. The number of nitrogens with two attached hydrogens (primary N) is 1. The van der Waals surface area contributed by atoms with Crippen LogP contribution in [0.25, 0.3) is 33.6 Å². The molecule has 326 valence electrons. The zero-order chi connectivity index (χ0) is 42.5. The molecule has 61 heavy (non-hydrogen) atoms. The minimum Gasteiger partial charge on any atom is -0.377 e. The number of rotatable bonds is 18. The van der Waals surface area contributed by atoms with Crippen molar-refractivity contribution in [1.29, 1.82) is 5.26 Å². The van der Waals surface area contributed by atoms with Crippen molar-refractivity contribution in [3.05, 3.63) is 60.7 Å². The number of hydrogen-bond donors (Lipinski definition) is 2. The molecule has 16 heteroatoms. The summed E-state index contributed by atoms with van der Waals surface area (Å²) in [6, 6.07) is 10.7. The molecule has 0 spiro atoms. The van der Waals surface area contributed by atoms with Crippen molar-refractivity contribution in [2.75, 3.05) is 26.4 Å². The zero-order valence-electron chi connectivity index (χ0n) is 37.0. The molecular formula is C45H65N11O3Si2. The van der Waals surface area contributed by atoms with E-state index in [2.05, 4.69) is 99.7 Å². The second-order valence-electron chi connectivity index (χ2n) is 20.7. The maximum atomic E-state index is 9.69. The largest absolute Gasteiger partial charge is 0.377 e. The third kappa shape index (κ3) is 8.72. The van der Waals surface area contributed by atoms with Gasteiger partial charge in [-0.3, -0.25) is 8.80 Å². The first-order valence-corrected chi connectivity index (χ1v) is 29.7. The van der Waals surface area contributed by atoms with Crippen LogP contribution in [0.2, 0.25) is 50.9 Å². The van der Waals surface area contributed by atoms with Crippen LogP contribution in [0.1, 0.15) is 68.7 Å². The van der Waals surface area contributed by atoms with Crippen LogP contribution in [0.4, 0.5) is 0 Å². The normalized spacial score (nSPS) is 24.4. The highest BCUT2D eigenvalue weighted by Crippen LogP contribution is 2.45. The Kier molecular flexibility index (Phi) is 11.8. The fourth-order valence-corrected chi connectivity index (χ4v) is 13.4. The second kappa shape index (κ2) is 17.0. The van der Waals surface area contributed by atoms with Crippen LogP contribution in [0.5, 0.6) is 0 Å². The Hall–Kier alpha value is -3.96. The van der Waals surface area contributed by atoms with Crippen molar-refractivity contribution >= 4 is 49.8 Å². The van der Waals surface area contributed by atoms with Gasteiger partial charge < -0.3 is 34.4 Å². The lowest BCUT2D eigenvalue weighted by Crippen LogP contribution is -2.62. The standard InChI is InChI=1S/C45H65N11O3Si2/c1-31-19-33(47)21-35(31)39-23-48-41-25-50-43-37(55(39)41)7-12-54(43)30-58-15-18-61(5,6)16-9-32-20-34(52-45(10-11-46)27-59-28-45)22-36(32)40-24-49-42-26-51-44-38(56(40)42)8-13-53(44)29-57-14-17-60(2,3)4/h7-8,12-13,23-26,31-36,52H,9-10,14-22,27-30,47H2,1-6H3/t31-,32-,33+,34+,35+,36+/m1/s1. The molecule has 2 saturated carbocycles. The van der Waals surface area contributed by atoms with Crippen LogP contribution < -0.4 is 11.1 Å². The summed E-state index contributed by atoms with van der Waals surface area (Å²) < 4.78 is 27.1. The average Bonchev–Trinajstić information content (AvgIpc) is 4.06. The molecule has 9 rings (SSSR count). The quantitative estimate of drug-likeness (QED) is 0.0647. The smallest absolute Gasteiger partial charge is 0.159 e. The Balaban J connectivity index is 0.874. The topological polar surface area (TPSA) is 160 Å². The molecule has 3 N–H and O–H groups in total. The summed E-state index contributed by atoms with van der Waals surface area (Å²) in [6.07, 6.45) is 17.8. The molecule has 3 aliphatic rings. The van der Waals surface area contributed by atoms with Crippen molar-refractivity contribution in [1.82, 2.24) is 43.2 Å². The summed E-state index contributed by atoms with van der Waals surface area (Å²) in [5.74, 6) is 1.73. The van der Waals surface area contributed by atoms with E-state index >= 15 is 0 Å². The first-order valence-electron chi connectivity index (χ1n) is 22.6. The van der Waals surface area contributed by atoms with Gasteiger partial charge in [-0.05, 0) is 61.7 Å². The van der Waals surface area contributed by atoms with E-state index in [9.17, 15) is 5.26 Å². The summed E-state index contributed by atoms with van der Waals surface area (Å²) in [6.45, 7) is 18.1. The number of imidazole rings is 2. The maximum absolute atomic E-state index is 9.69. The van der Waals surface area contributed by atoms with E-state index in [-0.39, 0.29) is 11.6 Å². The summed E-state index contributed by atoms with van der Waals surface area (Å²) in [4.78, 5) is 19.3. The van der Waals surface area contributed by atoms with Crippen LogP contribution in [0.15, 0.2) is 49.3 Å². The van der Waals surface area contributed by atoms with E-state index in [0.717, 1.165) is 91.0 Å². The van der Waals surface area contributed by atoms with Crippen LogP contribution in [0, 0.1) is 23.2 Å². The predicted octanol–water partition coefficient (Wildman–Crippen LogP) is 7.74. The number of fused-ring (bicyclic) bond motifs is 6. The van der Waals surface area contributed by atoms with Crippen molar-refractivity contribution in [2.24, 2.45) is 17.6 Å². The third-order valence-electron chi connectivity index (χ3n) is 14.2. The molecule has 2 aliphatic carbocycles. The van der Waals surface area contributed by atoms with E-state index in [1.165, 1.54) is 17.4 Å². The van der Waals surface area contributed by atoms with Gasteiger partial charge in [-0.1, -0.05) is 52.1 Å². The molecule has 6 aromatic heterocycles. The Morgan fingerprint density at radius 1 is 0.803 bits per heavy atom. The Morgan fingerprint density at radius 3 is 1.95 bits per heavy atom. The van der Waals surface area contributed by atoms with Crippen molar-refractivity contribution in [3.63, 3.8) is 0 Å². The molecule has 0 unspecified atom stereocenters. The number of nitrogens with zero attached hydrogens (tertiary/aromatic N) is 9. The SMILES string of the molecule is C[C@@H]1C[C@H](N)C[C@@H]1c1cnc2cnc3c(ccn3COCC[Si](C)(C)CC[C@@H]3C[C@H](NC4(CC#N)COC4)C[C@@H]3c3cnc4cnc5c(ccn5COCC[Si](C)(C)C)n34)n12. The van der Waals surface area contributed by atoms with E-state index in [4.69, 9.17) is 39.9 Å². The number of nitriles is 1. The molecule has 14 nitrogen and oxygen atoms in total. The van der Waals surface area contributed by atoms with Gasteiger partial charge >= 0.3 is 0 Å². The minimum atomic E-state index is -1.63. The summed E-state index contributed by atoms with van der Waals surface area (Å²) >= 11 is 0. The number of hydrogen-bond acceptors (Lipinski definition) is 10. The number of ether oxygens (including phenoxy) is 3. The van der Waals surface area contributed by atoms with E-state index in [1.807, 2.05) is 18.6 Å². The van der Waals surface area contributed by atoms with E-state index in [0.29, 0.717) is 62.8 Å². The maximum Gasteiger partial charge on any atom is 0.159 e. The molecule has 7 heterocycles. The van der Waals surface area contributed by atoms with Crippen molar-refractivity contribution in [2.45, 2.75) is 139 Å². The lowest BCUT2D eigenvalue weighted by Gasteiger charge is -2.42. The van der Waals surface area contributed by atoms with Crippen LogP contribution in [0.3, 0.4) is 0 Å². The van der Waals surface area contributed by atoms with Crippen LogP contribution in [-0.4, -0.2) is 98.1 Å². The van der Waals surface area contributed by atoms with Gasteiger partial charge in [0.25, 0.3) is 0 Å². The average molecular weight is 864 g/mol. The Morgan fingerprint density at radius 2 is 1.41 bits per heavy atom. The van der Waals surface area contributed by atoms with Gasteiger partial charge in [0.15, 0.2) is 22.6 Å². The Bertz CT molecular complexity index is 2520. The first kappa shape index (κ1) is 42.3. The van der Waals surface area contributed by atoms with Crippen molar-refractivity contribution < 1.29 is 14.2 Å². The van der Waals surface area contributed by atoms with Gasteiger partial charge in [0.1, 0.15) is 13.5 Å². The second-order valence-corrected chi connectivity index (χ2v) is 31.6. The number of aromatic nitrogens is 8. The Labute approximate surface area is 361 Å². The molecular weight excluding hydrogens is 799 g/mol. The molecule has 0 aromatic carbocycles. The van der Waals surface area contributed by atoms with E-state index < -0.39 is 16.1 Å². The van der Waals surface area contributed by atoms with Crippen LogP contribution in [-0.2, 0) is 27.7 Å². The summed E-state index contributed by atoms with van der Waals surface area (Å²) in [5.41, 5.74) is 14.4. The number of nitrogens with one attached hydrogen (secondary N) is 1. The summed E-state index contributed by atoms with van der Waals surface area (Å²) in [5, 5.41) is 13.6. The molecule has 1 aliphatic heterocycles. The highest BCUT2D eigenvalue weighted by Gasteiger charge is 2.45. The fraction of sp³-hybridized carbons (Fsp3) is 0.622. The van der Waals surface area contributed by atoms with Gasteiger partial charge in [-0.2, -0.15) is 5.26 Å². The van der Waals surface area contributed by atoms with Gasteiger partial charge in [0.05, 0.1) is 54.7 Å². The first-order chi connectivity index (χ1) is 29.3. The lowest BCUT2D eigenvalue weighted by atomic mass is 9.91.